The van der Waals surface area contributed by atoms with Gasteiger partial charge >= 0.3 is 17.9 Å². The molecule has 0 amide bonds. The van der Waals surface area contributed by atoms with E-state index in [1.54, 1.807) is 0 Å². The molecule has 0 radical (unpaired) electrons. The molecule has 1 unspecified atom stereocenters. The number of aliphatic carboxylic acids is 3. The number of carbonyl (C=O) groups is 3. The Morgan fingerprint density at radius 2 is 0.758 bits per heavy atom. The van der Waals surface area contributed by atoms with Gasteiger partial charge in [0.2, 0.25) is 0 Å². The maximum atomic E-state index is 15.6. The average molecular weight is 906 g/mol. The lowest BCUT2D eigenvalue weighted by atomic mass is 9.40. The Bertz CT molecular complexity index is 2010. The van der Waals surface area contributed by atoms with Crippen LogP contribution in [0.25, 0.3) is 0 Å². The maximum Gasteiger partial charge on any atom is 0.322 e. The first kappa shape index (κ1) is 51.3. The van der Waals surface area contributed by atoms with E-state index in [9.17, 15) is 15.3 Å². The van der Waals surface area contributed by atoms with Crippen LogP contribution in [0.1, 0.15) is 158 Å². The fourth-order valence-electron chi connectivity index (χ4n) is 15.2. The summed E-state index contributed by atoms with van der Waals surface area (Å²) >= 11 is 0. The molecular formula is C57H83N3O6. The van der Waals surface area contributed by atoms with E-state index in [-0.39, 0.29) is 6.42 Å². The van der Waals surface area contributed by atoms with Crippen LogP contribution in [-0.4, -0.2) is 81.2 Å². The summed E-state index contributed by atoms with van der Waals surface area (Å²) in [6.07, 6.45) is 3.18. The molecule has 0 aliphatic carbocycles. The Morgan fingerprint density at radius 3 is 1.00 bits per heavy atom. The molecule has 0 aromatic heterocycles. The molecule has 3 N–H and O–H groups in total. The molecule has 66 heavy (non-hydrogen) atoms. The van der Waals surface area contributed by atoms with Gasteiger partial charge in [0.1, 0.15) is 5.41 Å². The molecule has 0 saturated carbocycles. The van der Waals surface area contributed by atoms with Crippen LogP contribution in [0.4, 0.5) is 0 Å². The number of hydrogen-bond donors (Lipinski definition) is 3. The molecule has 1 atom stereocenters. The zero-order valence-electron chi connectivity index (χ0n) is 42.7. The van der Waals surface area contributed by atoms with Gasteiger partial charge < -0.3 is 15.3 Å². The Morgan fingerprint density at radius 1 is 0.485 bits per heavy atom. The zero-order chi connectivity index (χ0) is 48.9. The smallest absolute Gasteiger partial charge is 0.322 e. The van der Waals surface area contributed by atoms with Crippen molar-refractivity contribution in [2.45, 2.75) is 194 Å². The van der Waals surface area contributed by atoms with E-state index in [1.807, 2.05) is 61.5 Å². The van der Waals surface area contributed by atoms with Gasteiger partial charge in [-0.1, -0.05) is 104 Å². The number of carboxylic acid groups (broad SMARTS) is 3. The lowest BCUT2D eigenvalue weighted by molar-refractivity contribution is -0.233. The third-order valence-electron chi connectivity index (χ3n) is 17.1. The monoisotopic (exact) mass is 906 g/mol. The quantitative estimate of drug-likeness (QED) is 0.121. The Kier molecular flexibility index (Phi) is 14.4. The molecule has 3 aromatic carbocycles. The SMILES string of the molecule is CCCC(C1CC(C)(C)N(Cc2ccccc2)C(C)(C)C1)C(C(=O)O)(C(=O)O)C(C(=O)O)(C1CC(C)(C)N(Cc2ccccc2)C(C)(C)C1)C1CC(C)(C)N(Cc2ccccc2)C(C)(C)C1. The topological polar surface area (TPSA) is 122 Å². The highest BCUT2D eigenvalue weighted by atomic mass is 16.4. The molecule has 0 bridgehead atoms. The highest BCUT2D eigenvalue weighted by Gasteiger charge is 2.78. The molecule has 362 valence electrons. The van der Waals surface area contributed by atoms with Crippen molar-refractivity contribution in [3.63, 3.8) is 0 Å². The molecule has 3 aromatic rings. The number of hydrogen-bond acceptors (Lipinski definition) is 6. The summed E-state index contributed by atoms with van der Waals surface area (Å²) in [5.74, 6) is -7.27. The molecule has 3 aliphatic heterocycles. The van der Waals surface area contributed by atoms with Crippen LogP contribution in [0.15, 0.2) is 91.0 Å². The van der Waals surface area contributed by atoms with Crippen LogP contribution < -0.4 is 0 Å². The summed E-state index contributed by atoms with van der Waals surface area (Å²) in [4.78, 5) is 53.5. The maximum absolute atomic E-state index is 15.6. The fourth-order valence-corrected chi connectivity index (χ4v) is 15.2. The van der Waals surface area contributed by atoms with Crippen molar-refractivity contribution in [1.82, 2.24) is 14.7 Å². The summed E-state index contributed by atoms with van der Waals surface area (Å²) in [5, 5.41) is 37.5. The van der Waals surface area contributed by atoms with Gasteiger partial charge in [-0.15, -0.1) is 0 Å². The lowest BCUT2D eigenvalue weighted by Crippen LogP contribution is -2.74. The van der Waals surface area contributed by atoms with Crippen LogP contribution in [0.2, 0.25) is 0 Å². The van der Waals surface area contributed by atoms with E-state index in [4.69, 9.17) is 0 Å². The molecule has 3 fully saturated rings. The van der Waals surface area contributed by atoms with Crippen LogP contribution in [0.3, 0.4) is 0 Å². The summed E-state index contributed by atoms with van der Waals surface area (Å²) in [7, 11) is 0. The summed E-state index contributed by atoms with van der Waals surface area (Å²) in [6.45, 7) is 29.9. The molecule has 3 heterocycles. The zero-order valence-corrected chi connectivity index (χ0v) is 42.7. The van der Waals surface area contributed by atoms with Gasteiger partial charge in [-0.05, 0) is 168 Å². The standard InChI is InChI=1S/C57H83N3O6/c1-14-24-46(43-31-50(2,3)58(51(4,5)32-43)37-40-25-18-15-19-26-40)57(48(63)64,49(65)66)56(47(61)62,44-33-52(6,7)59(53(8,9)34-44)38-41-27-20-16-21-28-41)45-35-54(10,11)60(55(12,13)36-45)39-42-29-22-17-23-30-42/h15-23,25-30,43-46H,14,24,31-39H2,1-13H3,(H,61,62)(H,63,64)(H,65,66). The van der Waals surface area contributed by atoms with Gasteiger partial charge in [-0.3, -0.25) is 29.1 Å². The number of likely N-dealkylation sites (tertiary alicyclic amines) is 3. The molecule has 9 nitrogen and oxygen atoms in total. The Labute approximate surface area is 397 Å². The number of rotatable bonds is 16. The Hall–Kier alpha value is -4.05. The minimum Gasteiger partial charge on any atom is -0.481 e. The van der Waals surface area contributed by atoms with E-state index in [2.05, 4.69) is 134 Å². The third kappa shape index (κ3) is 9.27. The summed E-state index contributed by atoms with van der Waals surface area (Å²) in [5.41, 5.74) is -4.90. The van der Waals surface area contributed by atoms with Gasteiger partial charge in [-0.2, -0.15) is 0 Å². The largest absolute Gasteiger partial charge is 0.481 e. The van der Waals surface area contributed by atoms with Gasteiger partial charge in [0, 0.05) is 52.9 Å². The molecular weight excluding hydrogens is 823 g/mol. The molecule has 3 aliphatic rings. The van der Waals surface area contributed by atoms with Crippen molar-refractivity contribution in [2.75, 3.05) is 0 Å². The van der Waals surface area contributed by atoms with Crippen molar-refractivity contribution in [1.29, 1.82) is 0 Å². The van der Waals surface area contributed by atoms with Crippen molar-refractivity contribution in [3.05, 3.63) is 108 Å². The number of piperidine rings is 3. The van der Waals surface area contributed by atoms with E-state index < -0.39 is 85.6 Å². The van der Waals surface area contributed by atoms with Crippen molar-refractivity contribution < 1.29 is 29.7 Å². The fraction of sp³-hybridized carbons (Fsp3) is 0.632. The van der Waals surface area contributed by atoms with Crippen LogP contribution in [-0.2, 0) is 34.0 Å². The van der Waals surface area contributed by atoms with Gasteiger partial charge in [0.05, 0.1) is 0 Å². The summed E-state index contributed by atoms with van der Waals surface area (Å²) < 4.78 is 0. The van der Waals surface area contributed by atoms with Gasteiger partial charge in [0.15, 0.2) is 5.41 Å². The molecule has 9 heteroatoms. The number of benzene rings is 3. The van der Waals surface area contributed by atoms with E-state index in [1.165, 1.54) is 5.56 Å². The number of carboxylic acids is 3. The minimum atomic E-state index is -2.68. The second-order valence-corrected chi connectivity index (χ2v) is 24.5. The van der Waals surface area contributed by atoms with Crippen LogP contribution >= 0.6 is 0 Å². The highest BCUT2D eigenvalue weighted by Crippen LogP contribution is 2.68. The van der Waals surface area contributed by atoms with Crippen molar-refractivity contribution in [3.8, 4) is 0 Å². The second kappa shape index (κ2) is 18.5. The lowest BCUT2D eigenvalue weighted by Gasteiger charge is -2.66. The first-order valence-corrected chi connectivity index (χ1v) is 24.8. The predicted octanol–water partition coefficient (Wildman–Crippen LogP) is 12.0. The van der Waals surface area contributed by atoms with E-state index in [0.717, 1.165) is 11.1 Å². The number of nitrogens with zero attached hydrogens (tertiary/aromatic N) is 3. The third-order valence-corrected chi connectivity index (χ3v) is 17.1. The van der Waals surface area contributed by atoms with Crippen molar-refractivity contribution >= 4 is 17.9 Å². The Balaban J connectivity index is 1.60. The van der Waals surface area contributed by atoms with E-state index in [0.29, 0.717) is 64.6 Å². The van der Waals surface area contributed by atoms with Crippen LogP contribution in [0, 0.1) is 34.5 Å². The first-order valence-electron chi connectivity index (χ1n) is 24.8. The van der Waals surface area contributed by atoms with Crippen LogP contribution in [0.5, 0.6) is 0 Å². The normalized spacial score (nSPS) is 23.2. The second-order valence-electron chi connectivity index (χ2n) is 24.5. The van der Waals surface area contributed by atoms with Gasteiger partial charge in [-0.25, -0.2) is 0 Å². The molecule has 3 saturated heterocycles. The first-order chi connectivity index (χ1) is 30.6. The molecule has 0 spiro atoms. The molecule has 6 rings (SSSR count). The van der Waals surface area contributed by atoms with Gasteiger partial charge in [0.25, 0.3) is 0 Å². The van der Waals surface area contributed by atoms with E-state index >= 15 is 14.4 Å². The van der Waals surface area contributed by atoms with Crippen molar-refractivity contribution in [2.24, 2.45) is 34.5 Å². The average Bonchev–Trinajstić information content (AvgIpc) is 3.20. The predicted molar refractivity (Wildman–Crippen MR) is 265 cm³/mol. The minimum absolute atomic E-state index is 0.280. The summed E-state index contributed by atoms with van der Waals surface area (Å²) in [6, 6.07) is 30.9. The highest BCUT2D eigenvalue weighted by molar-refractivity contribution is 6.05.